The average Bonchev–Trinajstić information content (AvgIpc) is 3.83. The quantitative estimate of drug-likeness (QED) is 0.163. The molecule has 0 saturated heterocycles. The molecule has 0 radical (unpaired) electrons. The van der Waals surface area contributed by atoms with E-state index in [-0.39, 0.29) is 0 Å². The second-order valence-corrected chi connectivity index (χ2v) is 14.5. The van der Waals surface area contributed by atoms with Crippen LogP contribution in [0.15, 0.2) is 223 Å². The van der Waals surface area contributed by atoms with Crippen LogP contribution in [0.5, 0.6) is 0 Å². The van der Waals surface area contributed by atoms with Gasteiger partial charge in [0, 0.05) is 49.6 Å². The number of nitrogens with zero attached hydrogens (tertiary/aromatic N) is 2. The zero-order valence-electron chi connectivity index (χ0n) is 31.1. The topological polar surface area (TPSA) is 21.3 Å². The molecule has 57 heavy (non-hydrogen) atoms. The van der Waals surface area contributed by atoms with Gasteiger partial charge in [0.15, 0.2) is 0 Å². The molecule has 3 nitrogen and oxygen atoms in total. The second-order valence-electron chi connectivity index (χ2n) is 14.5. The summed E-state index contributed by atoms with van der Waals surface area (Å²) in [6.07, 6.45) is 0. The normalized spacial score (nSPS) is 11.5. The van der Waals surface area contributed by atoms with Crippen LogP contribution in [0.3, 0.4) is 0 Å². The van der Waals surface area contributed by atoms with Crippen LogP contribution in [-0.2, 0) is 0 Å². The van der Waals surface area contributed by atoms with Crippen molar-refractivity contribution in [1.82, 2.24) is 4.57 Å². The number of furan rings is 1. The van der Waals surface area contributed by atoms with E-state index in [1.807, 2.05) is 6.07 Å². The van der Waals surface area contributed by atoms with Gasteiger partial charge in [0.2, 0.25) is 0 Å². The van der Waals surface area contributed by atoms with E-state index in [1.54, 1.807) is 0 Å². The van der Waals surface area contributed by atoms with Crippen molar-refractivity contribution in [2.45, 2.75) is 0 Å². The van der Waals surface area contributed by atoms with Gasteiger partial charge in [-0.15, -0.1) is 0 Å². The van der Waals surface area contributed by atoms with Crippen molar-refractivity contribution in [3.8, 4) is 39.1 Å². The molecule has 0 bridgehead atoms. The van der Waals surface area contributed by atoms with Gasteiger partial charge >= 0.3 is 0 Å². The molecule has 0 unspecified atom stereocenters. The van der Waals surface area contributed by atoms with Crippen molar-refractivity contribution in [2.24, 2.45) is 0 Å². The zero-order chi connectivity index (χ0) is 37.7. The van der Waals surface area contributed by atoms with E-state index in [2.05, 4.69) is 222 Å². The van der Waals surface area contributed by atoms with Crippen LogP contribution in [0.1, 0.15) is 0 Å². The molecule has 0 aliphatic heterocycles. The highest BCUT2D eigenvalue weighted by atomic mass is 16.3. The van der Waals surface area contributed by atoms with E-state index in [0.717, 1.165) is 72.5 Å². The summed E-state index contributed by atoms with van der Waals surface area (Å²) in [6, 6.07) is 78.1. The molecule has 0 spiro atoms. The molecule has 2 heterocycles. The number of fused-ring (bicyclic) bond motifs is 6. The number of para-hydroxylation sites is 5. The van der Waals surface area contributed by atoms with E-state index < -0.39 is 0 Å². The number of aromatic nitrogens is 1. The minimum absolute atomic E-state index is 0.886. The predicted molar refractivity (Wildman–Crippen MR) is 239 cm³/mol. The monoisotopic (exact) mass is 728 g/mol. The molecule has 11 aromatic rings. The molecular weight excluding hydrogens is 693 g/mol. The van der Waals surface area contributed by atoms with Gasteiger partial charge in [-0.2, -0.15) is 0 Å². The van der Waals surface area contributed by atoms with Gasteiger partial charge in [-0.05, 0) is 65.2 Å². The fraction of sp³-hybridized carbons (Fsp3) is 0. The summed E-state index contributed by atoms with van der Waals surface area (Å²) in [4.78, 5) is 2.43. The number of benzene rings is 9. The molecule has 11 rings (SSSR count). The summed E-state index contributed by atoms with van der Waals surface area (Å²) in [5.41, 5.74) is 15.2. The number of hydrogen-bond donors (Lipinski definition) is 0. The lowest BCUT2D eigenvalue weighted by molar-refractivity contribution is 0.670. The largest absolute Gasteiger partial charge is 0.455 e. The molecule has 0 atom stereocenters. The minimum atomic E-state index is 0.886. The Labute approximate surface area is 330 Å². The van der Waals surface area contributed by atoms with E-state index >= 15 is 0 Å². The molecule has 0 saturated carbocycles. The van der Waals surface area contributed by atoms with Crippen LogP contribution in [0.4, 0.5) is 17.1 Å². The maximum absolute atomic E-state index is 6.65. The van der Waals surface area contributed by atoms with Crippen LogP contribution in [0.25, 0.3) is 82.8 Å². The van der Waals surface area contributed by atoms with Crippen molar-refractivity contribution in [3.05, 3.63) is 218 Å². The van der Waals surface area contributed by atoms with E-state index in [0.29, 0.717) is 0 Å². The van der Waals surface area contributed by atoms with Crippen molar-refractivity contribution in [1.29, 1.82) is 0 Å². The first-order valence-electron chi connectivity index (χ1n) is 19.4. The summed E-state index contributed by atoms with van der Waals surface area (Å²) in [7, 11) is 0. The Hall–Kier alpha value is -7.62. The van der Waals surface area contributed by atoms with E-state index in [4.69, 9.17) is 4.42 Å². The summed E-state index contributed by atoms with van der Waals surface area (Å²) >= 11 is 0. The van der Waals surface area contributed by atoms with Gasteiger partial charge in [-0.25, -0.2) is 0 Å². The minimum Gasteiger partial charge on any atom is -0.455 e. The van der Waals surface area contributed by atoms with Crippen LogP contribution in [0, 0.1) is 0 Å². The van der Waals surface area contributed by atoms with E-state index in [1.165, 1.54) is 27.4 Å². The molecule has 0 N–H and O–H groups in total. The fourth-order valence-electron chi connectivity index (χ4n) is 8.60. The lowest BCUT2D eigenvalue weighted by atomic mass is 9.97. The number of anilines is 3. The zero-order valence-corrected chi connectivity index (χ0v) is 31.1. The van der Waals surface area contributed by atoms with Gasteiger partial charge in [0.1, 0.15) is 11.2 Å². The van der Waals surface area contributed by atoms with Crippen molar-refractivity contribution < 1.29 is 4.42 Å². The Balaban J connectivity index is 1.17. The Kier molecular flexibility index (Phi) is 7.82. The Bertz CT molecular complexity index is 3230. The highest BCUT2D eigenvalue weighted by Gasteiger charge is 2.24. The van der Waals surface area contributed by atoms with Crippen molar-refractivity contribution in [3.63, 3.8) is 0 Å². The second kappa shape index (κ2) is 13.6. The highest BCUT2D eigenvalue weighted by molar-refractivity contribution is 6.12. The molecule has 0 aliphatic rings. The van der Waals surface area contributed by atoms with Crippen LogP contribution < -0.4 is 4.90 Å². The summed E-state index contributed by atoms with van der Waals surface area (Å²) in [6.45, 7) is 0. The molecular formula is C54H36N2O. The first kappa shape index (κ1) is 32.8. The maximum Gasteiger partial charge on any atom is 0.143 e. The fourth-order valence-corrected chi connectivity index (χ4v) is 8.60. The van der Waals surface area contributed by atoms with Crippen molar-refractivity contribution in [2.75, 3.05) is 4.90 Å². The molecule has 9 aromatic carbocycles. The van der Waals surface area contributed by atoms with Crippen LogP contribution in [0.2, 0.25) is 0 Å². The van der Waals surface area contributed by atoms with Gasteiger partial charge in [-0.3, -0.25) is 0 Å². The number of rotatable bonds is 7. The summed E-state index contributed by atoms with van der Waals surface area (Å²) < 4.78 is 9.06. The molecule has 0 amide bonds. The Morgan fingerprint density at radius 1 is 0.351 bits per heavy atom. The Morgan fingerprint density at radius 3 is 1.70 bits per heavy atom. The third kappa shape index (κ3) is 5.51. The highest BCUT2D eigenvalue weighted by Crippen LogP contribution is 2.47. The first-order valence-corrected chi connectivity index (χ1v) is 19.4. The van der Waals surface area contributed by atoms with Gasteiger partial charge in [-0.1, -0.05) is 170 Å². The molecule has 0 aliphatic carbocycles. The van der Waals surface area contributed by atoms with Gasteiger partial charge < -0.3 is 13.9 Å². The molecule has 3 heteroatoms. The lowest BCUT2D eigenvalue weighted by Crippen LogP contribution is -2.12. The first-order chi connectivity index (χ1) is 28.3. The Morgan fingerprint density at radius 2 is 0.912 bits per heavy atom. The molecule has 2 aromatic heterocycles. The summed E-state index contributed by atoms with van der Waals surface area (Å²) in [5.74, 6) is 0. The molecule has 268 valence electrons. The third-order valence-corrected chi connectivity index (χ3v) is 11.2. The number of hydrogen-bond acceptors (Lipinski definition) is 2. The standard InChI is InChI=1S/C54H36N2O/c1-3-16-37(17-4-1)38-30-32-40(33-31-38)55-50-27-12-8-21-43(50)45-35-34-41(36-52(45)55)56(49-26-11-7-20-42(49)39-18-5-2-6-19-39)51-28-13-9-22-44(51)47-24-15-25-48-46-23-10-14-29-53(46)57-54(47)48/h1-36H. The molecule has 0 fully saturated rings. The average molecular weight is 729 g/mol. The van der Waals surface area contributed by atoms with Crippen molar-refractivity contribution >= 4 is 60.8 Å². The predicted octanol–water partition coefficient (Wildman–Crippen LogP) is 15.2. The smallest absolute Gasteiger partial charge is 0.143 e. The van der Waals surface area contributed by atoms with Crippen LogP contribution in [-0.4, -0.2) is 4.57 Å². The lowest BCUT2D eigenvalue weighted by Gasteiger charge is -2.30. The van der Waals surface area contributed by atoms with E-state index in [9.17, 15) is 0 Å². The van der Waals surface area contributed by atoms with Gasteiger partial charge in [0.25, 0.3) is 0 Å². The van der Waals surface area contributed by atoms with Crippen LogP contribution >= 0.6 is 0 Å². The SMILES string of the molecule is c1ccc(-c2ccc(-n3c4ccccc4c4ccc(N(c5ccccc5-c5ccccc5)c5ccccc5-c5cccc6c5oc5ccccc56)cc43)cc2)cc1. The van der Waals surface area contributed by atoms with Gasteiger partial charge in [0.05, 0.1) is 22.4 Å². The third-order valence-electron chi connectivity index (χ3n) is 11.2. The summed E-state index contributed by atoms with van der Waals surface area (Å²) in [5, 5.41) is 4.66. The maximum atomic E-state index is 6.65.